The van der Waals surface area contributed by atoms with E-state index in [4.69, 9.17) is 18.0 Å². The van der Waals surface area contributed by atoms with E-state index < -0.39 is 29.3 Å². The van der Waals surface area contributed by atoms with Gasteiger partial charge < -0.3 is 14.9 Å². The van der Waals surface area contributed by atoms with Gasteiger partial charge in [0.15, 0.2) is 0 Å². The van der Waals surface area contributed by atoms with Crippen molar-refractivity contribution in [1.29, 1.82) is 0 Å². The Labute approximate surface area is 219 Å². The number of aliphatic hydroxyl groups excluding tert-OH is 1. The van der Waals surface area contributed by atoms with E-state index in [0.717, 1.165) is 11.6 Å². The molecular weight excluding hydrogens is 497 g/mol. The lowest BCUT2D eigenvalue weighted by atomic mass is 9.64. The fourth-order valence-electron chi connectivity index (χ4n) is 5.59. The van der Waals surface area contributed by atoms with E-state index in [1.54, 1.807) is 29.2 Å². The Kier molecular flexibility index (Phi) is 6.69. The van der Waals surface area contributed by atoms with Crippen LogP contribution in [0.25, 0.3) is 0 Å². The highest BCUT2D eigenvalue weighted by Gasteiger charge is 2.62. The highest BCUT2D eigenvalue weighted by molar-refractivity contribution is 6.30. The number of nitrogens with zero attached hydrogens (tertiary/aromatic N) is 3. The molecule has 3 fully saturated rings. The zero-order valence-electron chi connectivity index (χ0n) is 20.2. The number of halogens is 2. The van der Waals surface area contributed by atoms with Gasteiger partial charge in [0.2, 0.25) is 11.8 Å². The normalized spacial score (nSPS) is 24.3. The van der Waals surface area contributed by atoms with Gasteiger partial charge in [0.1, 0.15) is 17.9 Å². The van der Waals surface area contributed by atoms with Crippen LogP contribution in [0.1, 0.15) is 36.8 Å². The lowest BCUT2D eigenvalue weighted by molar-refractivity contribution is -0.168. The Balaban J connectivity index is 1.44. The maximum Gasteiger partial charge on any atom is 0.253 e. The molecule has 0 atom stereocenters. The van der Waals surface area contributed by atoms with E-state index >= 15 is 0 Å². The van der Waals surface area contributed by atoms with Crippen molar-refractivity contribution >= 4 is 35.0 Å². The Hall–Kier alpha value is -3.41. The Bertz CT molecular complexity index is 1280. The minimum atomic E-state index is -1.26. The first-order valence-corrected chi connectivity index (χ1v) is 12.7. The molecule has 5 rings (SSSR count). The fraction of sp³-hybridized carbons (Fsp3) is 0.393. The van der Waals surface area contributed by atoms with Crippen LogP contribution in [0, 0.1) is 24.1 Å². The monoisotopic (exact) mass is 523 g/mol. The molecule has 2 saturated heterocycles. The average molecular weight is 524 g/mol. The Morgan fingerprint density at radius 3 is 2.43 bits per heavy atom. The zero-order valence-corrected chi connectivity index (χ0v) is 21.0. The van der Waals surface area contributed by atoms with Crippen molar-refractivity contribution in [2.24, 2.45) is 5.92 Å². The zero-order chi connectivity index (χ0) is 26.3. The Morgan fingerprint density at radius 1 is 1.14 bits per heavy atom. The smallest absolute Gasteiger partial charge is 0.253 e. The van der Waals surface area contributed by atoms with E-state index in [2.05, 4.69) is 5.92 Å². The van der Waals surface area contributed by atoms with Crippen molar-refractivity contribution in [2.45, 2.75) is 43.9 Å². The van der Waals surface area contributed by atoms with Gasteiger partial charge in [-0.2, -0.15) is 0 Å². The maximum atomic E-state index is 14.9. The number of likely N-dealkylation sites (tertiary alicyclic amines) is 1. The molecule has 2 heterocycles. The highest BCUT2D eigenvalue weighted by Crippen LogP contribution is 2.48. The summed E-state index contributed by atoms with van der Waals surface area (Å²) in [6.45, 7) is 0.779. The molecule has 2 aliphatic heterocycles. The van der Waals surface area contributed by atoms with Crippen molar-refractivity contribution in [3.05, 3.63) is 64.4 Å². The number of hydrogen-bond acceptors (Lipinski definition) is 4. The molecule has 0 bridgehead atoms. The van der Waals surface area contributed by atoms with Crippen molar-refractivity contribution in [3.63, 3.8) is 0 Å². The number of terminal acetylenes is 1. The van der Waals surface area contributed by atoms with Crippen LogP contribution in [0.3, 0.4) is 0 Å². The second kappa shape index (κ2) is 9.81. The summed E-state index contributed by atoms with van der Waals surface area (Å²) in [5.74, 6) is 0.421. The number of carbonyl (C=O) groups is 3. The van der Waals surface area contributed by atoms with Crippen LogP contribution in [0.2, 0.25) is 5.02 Å². The topological polar surface area (TPSA) is 81.2 Å². The molecule has 7 nitrogen and oxygen atoms in total. The number of benzene rings is 2. The van der Waals surface area contributed by atoms with Crippen molar-refractivity contribution in [3.8, 4) is 12.3 Å². The molecule has 0 aromatic heterocycles. The number of hydrogen-bond donors (Lipinski definition) is 1. The number of carbonyl (C=O) groups excluding carboxylic acids is 3. The predicted octanol–water partition coefficient (Wildman–Crippen LogP) is 2.97. The summed E-state index contributed by atoms with van der Waals surface area (Å²) in [4.78, 5) is 45.1. The maximum absolute atomic E-state index is 14.9. The first-order valence-electron chi connectivity index (χ1n) is 12.3. The van der Waals surface area contributed by atoms with Crippen molar-refractivity contribution < 1.29 is 23.9 Å². The molecule has 1 spiro atoms. The molecular formula is C28H27ClFN3O4. The Morgan fingerprint density at radius 2 is 1.81 bits per heavy atom. The summed E-state index contributed by atoms with van der Waals surface area (Å²) in [6.07, 6.45) is 6.31. The van der Waals surface area contributed by atoms with Crippen LogP contribution >= 0.6 is 11.6 Å². The van der Waals surface area contributed by atoms with Gasteiger partial charge in [-0.25, -0.2) is 4.39 Å². The summed E-state index contributed by atoms with van der Waals surface area (Å²) < 4.78 is 14.9. The molecule has 0 unspecified atom stereocenters. The molecule has 1 saturated carbocycles. The number of anilines is 1. The third-order valence-electron chi connectivity index (χ3n) is 7.71. The molecule has 3 amide bonds. The van der Waals surface area contributed by atoms with Crippen LogP contribution in [0.15, 0.2) is 42.5 Å². The van der Waals surface area contributed by atoms with Gasteiger partial charge >= 0.3 is 0 Å². The summed E-state index contributed by atoms with van der Waals surface area (Å²) >= 11 is 6.01. The van der Waals surface area contributed by atoms with Gasteiger partial charge in [-0.05, 0) is 61.6 Å². The summed E-state index contributed by atoms with van der Waals surface area (Å²) in [5, 5.41) is 10.3. The van der Waals surface area contributed by atoms with Gasteiger partial charge in [-0.1, -0.05) is 29.7 Å². The SMILES string of the molecule is C#Cc1ccc(N2CC(=O)N(Cc3ccc(Cl)cc3)C3(CC(C(=O)N4CCC(O)CC4)C3)C2=O)c(F)c1. The van der Waals surface area contributed by atoms with E-state index in [9.17, 15) is 23.9 Å². The first-order chi connectivity index (χ1) is 17.7. The number of piperidine rings is 1. The number of aliphatic hydroxyl groups is 1. The van der Waals surface area contributed by atoms with Crippen molar-refractivity contribution in [2.75, 3.05) is 24.5 Å². The molecule has 2 aromatic carbocycles. The average Bonchev–Trinajstić information content (AvgIpc) is 2.86. The van der Waals surface area contributed by atoms with Gasteiger partial charge in [0.05, 0.1) is 11.8 Å². The van der Waals surface area contributed by atoms with Gasteiger partial charge in [0, 0.05) is 36.1 Å². The molecule has 1 aliphatic carbocycles. The minimum absolute atomic E-state index is 0.0114. The largest absolute Gasteiger partial charge is 0.393 e. The third kappa shape index (κ3) is 4.58. The lowest BCUT2D eigenvalue weighted by Gasteiger charge is -2.57. The molecule has 192 valence electrons. The second-order valence-electron chi connectivity index (χ2n) is 10.0. The summed E-state index contributed by atoms with van der Waals surface area (Å²) in [5.41, 5.74) is -0.149. The number of amides is 3. The molecule has 3 aliphatic rings. The van der Waals surface area contributed by atoms with E-state index in [1.165, 1.54) is 21.9 Å². The van der Waals surface area contributed by atoms with Crippen LogP contribution in [-0.2, 0) is 20.9 Å². The number of piperazine rings is 1. The van der Waals surface area contributed by atoms with Crippen LogP contribution < -0.4 is 4.90 Å². The van der Waals surface area contributed by atoms with Crippen LogP contribution in [0.4, 0.5) is 10.1 Å². The highest BCUT2D eigenvalue weighted by atomic mass is 35.5. The standard InChI is InChI=1S/C28H27ClFN3O4/c1-2-18-5-8-24(23(30)13-18)32-17-25(35)33(16-19-3-6-21(29)7-4-19)28(27(32)37)14-20(15-28)26(36)31-11-9-22(34)10-12-31/h1,3-8,13,20,22,34H,9-12,14-17H2. The number of rotatable bonds is 4. The van der Waals surface area contributed by atoms with Gasteiger partial charge in [-0.3, -0.25) is 19.3 Å². The van der Waals surface area contributed by atoms with Gasteiger partial charge in [0.25, 0.3) is 5.91 Å². The summed E-state index contributed by atoms with van der Waals surface area (Å²) in [7, 11) is 0. The molecule has 37 heavy (non-hydrogen) atoms. The fourth-order valence-corrected chi connectivity index (χ4v) is 5.72. The van der Waals surface area contributed by atoms with E-state index in [1.807, 2.05) is 0 Å². The van der Waals surface area contributed by atoms with E-state index in [0.29, 0.717) is 36.5 Å². The molecule has 0 radical (unpaired) electrons. The molecule has 1 N–H and O–H groups in total. The third-order valence-corrected chi connectivity index (χ3v) is 7.96. The van der Waals surface area contributed by atoms with Crippen LogP contribution in [-0.4, -0.2) is 63.9 Å². The summed E-state index contributed by atoms with van der Waals surface area (Å²) in [6, 6.07) is 11.1. The molecule has 9 heteroatoms. The quantitative estimate of drug-likeness (QED) is 0.625. The van der Waals surface area contributed by atoms with E-state index in [-0.39, 0.29) is 43.4 Å². The predicted molar refractivity (Wildman–Crippen MR) is 136 cm³/mol. The minimum Gasteiger partial charge on any atom is -0.393 e. The van der Waals surface area contributed by atoms with Crippen LogP contribution in [0.5, 0.6) is 0 Å². The van der Waals surface area contributed by atoms with Crippen molar-refractivity contribution in [1.82, 2.24) is 9.80 Å². The molecule has 2 aromatic rings. The second-order valence-corrected chi connectivity index (χ2v) is 10.4. The first kappa shape index (κ1) is 25.2. The lowest BCUT2D eigenvalue weighted by Crippen LogP contribution is -2.74. The van der Waals surface area contributed by atoms with Gasteiger partial charge in [-0.15, -0.1) is 6.42 Å².